The smallest absolute Gasteiger partial charge is 0.310 e. The maximum Gasteiger partial charge on any atom is 0.310 e. The molecule has 0 amide bonds. The Labute approximate surface area is 123 Å². The number of rotatable bonds is 3. The molecule has 1 atom stereocenters. The number of carbonyl (C=O) groups is 1. The normalized spacial score (nSPS) is 19.3. The van der Waals surface area contributed by atoms with E-state index >= 15 is 0 Å². The van der Waals surface area contributed by atoms with Gasteiger partial charge in [0.2, 0.25) is 0 Å². The zero-order chi connectivity index (χ0) is 13.8. The van der Waals surface area contributed by atoms with Gasteiger partial charge in [0.25, 0.3) is 0 Å². The molecule has 5 heteroatoms. The van der Waals surface area contributed by atoms with Gasteiger partial charge in [0, 0.05) is 13.1 Å². The minimum atomic E-state index is -0.120. The molecule has 0 N–H and O–H groups in total. The van der Waals surface area contributed by atoms with Crippen molar-refractivity contribution in [3.05, 3.63) is 28.2 Å². The second-order valence-corrected chi connectivity index (χ2v) is 5.40. The van der Waals surface area contributed by atoms with E-state index in [1.54, 1.807) is 6.07 Å². The first-order valence-electron chi connectivity index (χ1n) is 6.49. The van der Waals surface area contributed by atoms with Crippen LogP contribution in [0.2, 0.25) is 10.0 Å². The lowest BCUT2D eigenvalue weighted by Crippen LogP contribution is -2.39. The molecule has 0 saturated carbocycles. The van der Waals surface area contributed by atoms with Gasteiger partial charge in [-0.1, -0.05) is 29.3 Å². The Kier molecular flexibility index (Phi) is 4.94. The summed E-state index contributed by atoms with van der Waals surface area (Å²) >= 11 is 12.3. The van der Waals surface area contributed by atoms with Crippen LogP contribution in [-0.4, -0.2) is 25.7 Å². The minimum Gasteiger partial charge on any atom is -0.466 e. The Balaban J connectivity index is 2.13. The summed E-state index contributed by atoms with van der Waals surface area (Å²) in [6, 6.07) is 5.57. The lowest BCUT2D eigenvalue weighted by molar-refractivity contribution is -0.148. The van der Waals surface area contributed by atoms with Crippen LogP contribution >= 0.6 is 23.2 Å². The zero-order valence-corrected chi connectivity index (χ0v) is 12.4. The Morgan fingerprint density at radius 1 is 1.47 bits per heavy atom. The number of nitrogens with zero attached hydrogens (tertiary/aromatic N) is 1. The number of piperidine rings is 1. The van der Waals surface area contributed by atoms with Crippen LogP contribution in [0, 0.1) is 5.92 Å². The van der Waals surface area contributed by atoms with E-state index in [4.69, 9.17) is 27.9 Å². The minimum absolute atomic E-state index is 0.0799. The molecular formula is C14H17Cl2NO2. The molecule has 1 aliphatic heterocycles. The number of carbonyl (C=O) groups excluding carboxylic acids is 1. The van der Waals surface area contributed by atoms with Gasteiger partial charge >= 0.3 is 5.97 Å². The standard InChI is InChI=1S/C14H17Cl2NO2/c1-2-19-14(18)10-5-4-8-17(9-10)12-7-3-6-11(15)13(12)16/h3,6-7,10H,2,4-5,8-9H2,1H3. The van der Waals surface area contributed by atoms with Crippen molar-refractivity contribution in [2.24, 2.45) is 5.92 Å². The van der Waals surface area contributed by atoms with Crippen LogP contribution in [-0.2, 0) is 9.53 Å². The van der Waals surface area contributed by atoms with Gasteiger partial charge in [-0.15, -0.1) is 0 Å². The molecule has 19 heavy (non-hydrogen) atoms. The first-order chi connectivity index (χ1) is 9.13. The van der Waals surface area contributed by atoms with Crippen molar-refractivity contribution in [2.75, 3.05) is 24.6 Å². The number of ether oxygens (including phenoxy) is 1. The number of hydrogen-bond acceptors (Lipinski definition) is 3. The quantitative estimate of drug-likeness (QED) is 0.796. The van der Waals surface area contributed by atoms with Crippen molar-refractivity contribution in [2.45, 2.75) is 19.8 Å². The van der Waals surface area contributed by atoms with Gasteiger partial charge in [0.05, 0.1) is 28.3 Å². The lowest BCUT2D eigenvalue weighted by atomic mass is 9.97. The fraction of sp³-hybridized carbons (Fsp3) is 0.500. The highest BCUT2D eigenvalue weighted by atomic mass is 35.5. The van der Waals surface area contributed by atoms with E-state index < -0.39 is 0 Å². The Morgan fingerprint density at radius 3 is 3.00 bits per heavy atom. The second-order valence-electron chi connectivity index (χ2n) is 4.61. The fourth-order valence-electron chi connectivity index (χ4n) is 2.39. The van der Waals surface area contributed by atoms with Gasteiger partial charge in [0.1, 0.15) is 0 Å². The Bertz CT molecular complexity index is 465. The van der Waals surface area contributed by atoms with Crippen LogP contribution < -0.4 is 4.90 Å². The number of esters is 1. The average Bonchev–Trinajstić information content (AvgIpc) is 2.42. The molecular weight excluding hydrogens is 285 g/mol. The van der Waals surface area contributed by atoms with Gasteiger partial charge in [-0.25, -0.2) is 0 Å². The van der Waals surface area contributed by atoms with E-state index in [9.17, 15) is 4.79 Å². The zero-order valence-electron chi connectivity index (χ0n) is 10.9. The predicted octanol–water partition coefficient (Wildman–Crippen LogP) is 3.77. The van der Waals surface area contributed by atoms with Crippen LogP contribution in [0.5, 0.6) is 0 Å². The van der Waals surface area contributed by atoms with Gasteiger partial charge in [-0.05, 0) is 31.9 Å². The van der Waals surface area contributed by atoms with Crippen LogP contribution in [0.25, 0.3) is 0 Å². The summed E-state index contributed by atoms with van der Waals surface area (Å²) in [6.07, 6.45) is 1.82. The van der Waals surface area contributed by atoms with Crippen LogP contribution in [0.1, 0.15) is 19.8 Å². The number of halogens is 2. The van der Waals surface area contributed by atoms with Crippen molar-refractivity contribution in [1.29, 1.82) is 0 Å². The highest BCUT2D eigenvalue weighted by Crippen LogP contribution is 2.34. The molecule has 1 unspecified atom stereocenters. The third-order valence-electron chi connectivity index (χ3n) is 3.31. The van der Waals surface area contributed by atoms with E-state index in [2.05, 4.69) is 4.90 Å². The molecule has 0 aliphatic carbocycles. The summed E-state index contributed by atoms with van der Waals surface area (Å²) < 4.78 is 5.09. The number of hydrogen-bond donors (Lipinski definition) is 0. The molecule has 0 radical (unpaired) electrons. The molecule has 1 saturated heterocycles. The van der Waals surface area contributed by atoms with Gasteiger partial charge < -0.3 is 9.64 Å². The monoisotopic (exact) mass is 301 g/mol. The summed E-state index contributed by atoms with van der Waals surface area (Å²) in [5.74, 6) is -0.200. The molecule has 0 bridgehead atoms. The summed E-state index contributed by atoms with van der Waals surface area (Å²) in [4.78, 5) is 13.9. The van der Waals surface area contributed by atoms with Crippen LogP contribution in [0.4, 0.5) is 5.69 Å². The SMILES string of the molecule is CCOC(=O)C1CCCN(c2cccc(Cl)c2Cl)C1. The molecule has 1 aromatic rings. The fourth-order valence-corrected chi connectivity index (χ4v) is 2.80. The van der Waals surface area contributed by atoms with E-state index in [-0.39, 0.29) is 11.9 Å². The molecule has 1 heterocycles. The highest BCUT2D eigenvalue weighted by molar-refractivity contribution is 6.43. The molecule has 0 spiro atoms. The number of benzene rings is 1. The topological polar surface area (TPSA) is 29.5 Å². The lowest BCUT2D eigenvalue weighted by Gasteiger charge is -2.33. The van der Waals surface area contributed by atoms with E-state index in [0.29, 0.717) is 23.2 Å². The molecule has 3 nitrogen and oxygen atoms in total. The van der Waals surface area contributed by atoms with E-state index in [1.807, 2.05) is 19.1 Å². The van der Waals surface area contributed by atoms with Crippen molar-refractivity contribution < 1.29 is 9.53 Å². The molecule has 1 fully saturated rings. The molecule has 2 rings (SSSR count). The summed E-state index contributed by atoms with van der Waals surface area (Å²) in [6.45, 7) is 3.77. The van der Waals surface area contributed by atoms with Gasteiger partial charge in [0.15, 0.2) is 0 Å². The van der Waals surface area contributed by atoms with Crippen molar-refractivity contribution in [1.82, 2.24) is 0 Å². The van der Waals surface area contributed by atoms with Crippen molar-refractivity contribution >= 4 is 34.9 Å². The summed E-state index contributed by atoms with van der Waals surface area (Å²) in [7, 11) is 0. The first-order valence-corrected chi connectivity index (χ1v) is 7.24. The first kappa shape index (κ1) is 14.5. The predicted molar refractivity (Wildman–Crippen MR) is 78.0 cm³/mol. The highest BCUT2D eigenvalue weighted by Gasteiger charge is 2.28. The molecule has 0 aromatic heterocycles. The van der Waals surface area contributed by atoms with Crippen LogP contribution in [0.15, 0.2) is 18.2 Å². The maximum atomic E-state index is 11.8. The van der Waals surface area contributed by atoms with Gasteiger partial charge in [-0.3, -0.25) is 4.79 Å². The van der Waals surface area contributed by atoms with E-state index in [1.165, 1.54) is 0 Å². The third-order valence-corrected chi connectivity index (χ3v) is 4.12. The third kappa shape index (κ3) is 3.34. The molecule has 1 aliphatic rings. The van der Waals surface area contributed by atoms with E-state index in [0.717, 1.165) is 25.1 Å². The largest absolute Gasteiger partial charge is 0.466 e. The maximum absolute atomic E-state index is 11.8. The number of anilines is 1. The van der Waals surface area contributed by atoms with Crippen LogP contribution in [0.3, 0.4) is 0 Å². The summed E-state index contributed by atoms with van der Waals surface area (Å²) in [5.41, 5.74) is 0.892. The van der Waals surface area contributed by atoms with Crippen molar-refractivity contribution in [3.63, 3.8) is 0 Å². The summed E-state index contributed by atoms with van der Waals surface area (Å²) in [5, 5.41) is 1.09. The van der Waals surface area contributed by atoms with Gasteiger partial charge in [-0.2, -0.15) is 0 Å². The van der Waals surface area contributed by atoms with Crippen molar-refractivity contribution in [3.8, 4) is 0 Å². The second kappa shape index (κ2) is 6.49. The Morgan fingerprint density at radius 2 is 2.26 bits per heavy atom. The molecule has 1 aromatic carbocycles. The molecule has 104 valence electrons. The average molecular weight is 302 g/mol. The Hall–Kier alpha value is -0.930.